The molecular weight excluding hydrogens is 380 g/mol. The van der Waals surface area contributed by atoms with Crippen LogP contribution in [0.5, 0.6) is 0 Å². The molecule has 1 saturated heterocycles. The van der Waals surface area contributed by atoms with Gasteiger partial charge >= 0.3 is 5.97 Å². The van der Waals surface area contributed by atoms with E-state index in [4.69, 9.17) is 9.47 Å². The number of aromatic nitrogens is 1. The number of para-hydroxylation sites is 1. The molecule has 1 aliphatic rings. The molecule has 0 aliphatic carbocycles. The number of hydrogen-bond acceptors (Lipinski definition) is 4. The van der Waals surface area contributed by atoms with E-state index in [-0.39, 0.29) is 18.3 Å². The van der Waals surface area contributed by atoms with E-state index in [1.54, 1.807) is 4.90 Å². The predicted molar refractivity (Wildman–Crippen MR) is 114 cm³/mol. The molecule has 0 spiro atoms. The summed E-state index contributed by atoms with van der Waals surface area (Å²) in [7, 11) is 0. The number of carbonyl (C=O) groups is 2. The van der Waals surface area contributed by atoms with Crippen LogP contribution >= 0.6 is 0 Å². The van der Waals surface area contributed by atoms with Crippen molar-refractivity contribution in [2.45, 2.75) is 25.4 Å². The molecule has 0 bridgehead atoms. The Morgan fingerprint density at radius 2 is 1.77 bits per heavy atom. The zero-order valence-corrected chi connectivity index (χ0v) is 16.9. The topological polar surface area (TPSA) is 71.6 Å². The fraction of sp³-hybridized carbons (Fsp3) is 0.333. The van der Waals surface area contributed by atoms with Crippen LogP contribution in [0.3, 0.4) is 0 Å². The third-order valence-corrected chi connectivity index (χ3v) is 5.40. The quantitative estimate of drug-likeness (QED) is 0.608. The molecule has 1 aromatic heterocycles. The summed E-state index contributed by atoms with van der Waals surface area (Å²) in [5, 5.41) is 1.18. The molecule has 1 aliphatic heterocycles. The smallest absolute Gasteiger partial charge is 0.306 e. The number of fused-ring (bicyclic) bond motifs is 1. The number of benzene rings is 2. The highest BCUT2D eigenvalue weighted by molar-refractivity contribution is 5.85. The Hall–Kier alpha value is -3.12. The van der Waals surface area contributed by atoms with Gasteiger partial charge in [0.2, 0.25) is 6.10 Å². The Balaban J connectivity index is 1.38. The zero-order valence-electron chi connectivity index (χ0n) is 16.9. The van der Waals surface area contributed by atoms with Gasteiger partial charge in [0, 0.05) is 42.2 Å². The summed E-state index contributed by atoms with van der Waals surface area (Å²) in [4.78, 5) is 30.6. The lowest BCUT2D eigenvalue weighted by Crippen LogP contribution is -2.44. The summed E-state index contributed by atoms with van der Waals surface area (Å²) in [6.45, 7) is 2.04. The molecule has 2 aromatic carbocycles. The van der Waals surface area contributed by atoms with E-state index in [2.05, 4.69) is 11.1 Å². The highest BCUT2D eigenvalue weighted by atomic mass is 16.5. The van der Waals surface area contributed by atoms with Gasteiger partial charge in [-0.2, -0.15) is 0 Å². The number of rotatable bonds is 7. The Morgan fingerprint density at radius 1 is 1.03 bits per heavy atom. The number of morpholine rings is 1. The predicted octanol–water partition coefficient (Wildman–Crippen LogP) is 3.63. The third kappa shape index (κ3) is 4.71. The van der Waals surface area contributed by atoms with Gasteiger partial charge in [-0.15, -0.1) is 0 Å². The van der Waals surface area contributed by atoms with E-state index in [0.717, 1.165) is 11.9 Å². The molecule has 6 heteroatoms. The molecule has 1 amide bonds. The minimum atomic E-state index is -0.912. The van der Waals surface area contributed by atoms with E-state index in [1.165, 1.54) is 10.9 Å². The van der Waals surface area contributed by atoms with Crippen LogP contribution in [0.1, 0.15) is 30.1 Å². The maximum atomic E-state index is 13.0. The molecule has 4 rings (SSSR count). The summed E-state index contributed by atoms with van der Waals surface area (Å²) in [6, 6.07) is 17.3. The van der Waals surface area contributed by atoms with Crippen molar-refractivity contribution in [2.24, 2.45) is 0 Å². The van der Waals surface area contributed by atoms with Crippen molar-refractivity contribution in [3.05, 3.63) is 71.9 Å². The number of nitrogens with one attached hydrogen (secondary N) is 1. The van der Waals surface area contributed by atoms with Crippen LogP contribution in [-0.2, 0) is 25.5 Å². The molecule has 1 fully saturated rings. The fourth-order valence-corrected chi connectivity index (χ4v) is 3.79. The summed E-state index contributed by atoms with van der Waals surface area (Å²) in [6.07, 6.45) is 2.77. The average Bonchev–Trinajstić information content (AvgIpc) is 3.21. The van der Waals surface area contributed by atoms with Crippen molar-refractivity contribution in [1.29, 1.82) is 0 Å². The number of esters is 1. The van der Waals surface area contributed by atoms with E-state index in [1.807, 2.05) is 54.7 Å². The van der Waals surface area contributed by atoms with Crippen molar-refractivity contribution in [3.63, 3.8) is 0 Å². The monoisotopic (exact) mass is 406 g/mol. The summed E-state index contributed by atoms with van der Waals surface area (Å²) in [5.74, 6) is -0.542. The molecule has 6 nitrogen and oxygen atoms in total. The van der Waals surface area contributed by atoms with Gasteiger partial charge in [-0.05, 0) is 24.5 Å². The van der Waals surface area contributed by atoms with Gasteiger partial charge < -0.3 is 19.4 Å². The first kappa shape index (κ1) is 20.2. The lowest BCUT2D eigenvalue weighted by Gasteiger charge is -2.30. The fourth-order valence-electron chi connectivity index (χ4n) is 3.79. The Labute approximate surface area is 175 Å². The number of carbonyl (C=O) groups excluding carboxylic acids is 2. The van der Waals surface area contributed by atoms with Crippen molar-refractivity contribution in [1.82, 2.24) is 9.88 Å². The normalized spacial score (nSPS) is 15.1. The third-order valence-electron chi connectivity index (χ3n) is 5.40. The summed E-state index contributed by atoms with van der Waals surface area (Å²) >= 11 is 0. The number of aryl methyl sites for hydroxylation is 1. The minimum Gasteiger partial charge on any atom is -0.447 e. The largest absolute Gasteiger partial charge is 0.447 e. The molecule has 2 heterocycles. The maximum Gasteiger partial charge on any atom is 0.306 e. The van der Waals surface area contributed by atoms with Gasteiger partial charge in [-0.3, -0.25) is 9.59 Å². The van der Waals surface area contributed by atoms with E-state index >= 15 is 0 Å². The number of nitrogens with zero attached hydrogens (tertiary/aromatic N) is 1. The van der Waals surface area contributed by atoms with Gasteiger partial charge in [-0.1, -0.05) is 48.5 Å². The van der Waals surface area contributed by atoms with Crippen LogP contribution in [0, 0.1) is 0 Å². The van der Waals surface area contributed by atoms with Gasteiger partial charge in [0.15, 0.2) is 0 Å². The SMILES string of the molecule is O=C(CCCc1c[nH]c2ccccc12)O[C@H](C(=O)N1CCOCC1)c1ccccc1. The van der Waals surface area contributed by atoms with Gasteiger partial charge in [0.1, 0.15) is 0 Å². The highest BCUT2D eigenvalue weighted by Crippen LogP contribution is 2.23. The summed E-state index contributed by atoms with van der Waals surface area (Å²) in [5.41, 5.74) is 2.97. The van der Waals surface area contributed by atoms with E-state index < -0.39 is 6.10 Å². The Morgan fingerprint density at radius 3 is 2.57 bits per heavy atom. The lowest BCUT2D eigenvalue weighted by molar-refractivity contribution is -0.162. The number of aromatic amines is 1. The molecule has 156 valence electrons. The minimum absolute atomic E-state index is 0.186. The zero-order chi connectivity index (χ0) is 20.8. The number of ether oxygens (including phenoxy) is 2. The summed E-state index contributed by atoms with van der Waals surface area (Å²) < 4.78 is 11.0. The second kappa shape index (κ2) is 9.59. The number of hydrogen-bond donors (Lipinski definition) is 1. The molecule has 3 aromatic rings. The van der Waals surface area contributed by atoms with Crippen molar-refractivity contribution < 1.29 is 19.1 Å². The van der Waals surface area contributed by atoms with Gasteiger partial charge in [-0.25, -0.2) is 0 Å². The van der Waals surface area contributed by atoms with Crippen LogP contribution in [-0.4, -0.2) is 48.1 Å². The van der Waals surface area contributed by atoms with Gasteiger partial charge in [0.25, 0.3) is 5.91 Å². The first-order valence-corrected chi connectivity index (χ1v) is 10.4. The molecule has 1 N–H and O–H groups in total. The molecule has 30 heavy (non-hydrogen) atoms. The first-order valence-electron chi connectivity index (χ1n) is 10.4. The van der Waals surface area contributed by atoms with Crippen molar-refractivity contribution >= 4 is 22.8 Å². The van der Waals surface area contributed by atoms with Crippen LogP contribution < -0.4 is 0 Å². The second-order valence-corrected chi connectivity index (χ2v) is 7.43. The van der Waals surface area contributed by atoms with Crippen molar-refractivity contribution in [3.8, 4) is 0 Å². The molecule has 0 radical (unpaired) electrons. The number of amides is 1. The molecule has 0 saturated carbocycles. The molecular formula is C24H26N2O4. The number of H-pyrrole nitrogens is 1. The van der Waals surface area contributed by atoms with Crippen LogP contribution in [0.4, 0.5) is 0 Å². The Kier molecular flexibility index (Phi) is 6.44. The first-order chi connectivity index (χ1) is 14.7. The average molecular weight is 406 g/mol. The van der Waals surface area contributed by atoms with Crippen LogP contribution in [0.25, 0.3) is 10.9 Å². The molecule has 0 unspecified atom stereocenters. The maximum absolute atomic E-state index is 13.0. The second-order valence-electron chi connectivity index (χ2n) is 7.43. The van der Waals surface area contributed by atoms with Crippen LogP contribution in [0.15, 0.2) is 60.8 Å². The Bertz CT molecular complexity index is 993. The van der Waals surface area contributed by atoms with Gasteiger partial charge in [0.05, 0.1) is 13.2 Å². The van der Waals surface area contributed by atoms with E-state index in [9.17, 15) is 9.59 Å². The lowest BCUT2D eigenvalue weighted by atomic mass is 10.1. The van der Waals surface area contributed by atoms with E-state index in [0.29, 0.717) is 38.3 Å². The highest BCUT2D eigenvalue weighted by Gasteiger charge is 2.30. The van der Waals surface area contributed by atoms with Crippen molar-refractivity contribution in [2.75, 3.05) is 26.3 Å². The standard InChI is InChI=1S/C24H26N2O4/c27-22(12-6-9-19-17-25-21-11-5-4-10-20(19)21)30-23(18-7-2-1-3-8-18)24(28)26-13-15-29-16-14-26/h1-5,7-8,10-11,17,23,25H,6,9,12-16H2/t23-/m0/s1. The molecule has 1 atom stereocenters. The van der Waals surface area contributed by atoms with Crippen LogP contribution in [0.2, 0.25) is 0 Å².